The first-order chi connectivity index (χ1) is 10.6. The Hall–Kier alpha value is -1.64. The van der Waals surface area contributed by atoms with E-state index in [1.165, 1.54) is 23.1 Å². The summed E-state index contributed by atoms with van der Waals surface area (Å²) in [7, 11) is 0. The van der Waals surface area contributed by atoms with Crippen LogP contribution in [-0.4, -0.2) is 21.6 Å². The van der Waals surface area contributed by atoms with Crippen LogP contribution < -0.4 is 11.3 Å². The summed E-state index contributed by atoms with van der Waals surface area (Å²) in [5.41, 5.74) is 5.93. The molecule has 0 bridgehead atoms. The number of thioether (sulfide) groups is 1. The van der Waals surface area contributed by atoms with Crippen LogP contribution >= 0.6 is 34.4 Å². The van der Waals surface area contributed by atoms with Gasteiger partial charge in [0.15, 0.2) is 0 Å². The van der Waals surface area contributed by atoms with Gasteiger partial charge >= 0.3 is 0 Å². The Morgan fingerprint density at radius 1 is 1.50 bits per heavy atom. The zero-order valence-electron chi connectivity index (χ0n) is 11.7. The van der Waals surface area contributed by atoms with Gasteiger partial charge < -0.3 is 10.7 Å². The van der Waals surface area contributed by atoms with Crippen LogP contribution in [0.3, 0.4) is 0 Å². The SMILES string of the molecule is C[C@@H](SCC(N)=O)c1nc2scc(-c3cccs3)c2c(=O)[nH]1. The molecule has 0 aliphatic rings. The Labute approximate surface area is 138 Å². The molecule has 3 N–H and O–H groups in total. The van der Waals surface area contributed by atoms with Gasteiger partial charge in [0.05, 0.1) is 16.4 Å². The Morgan fingerprint density at radius 3 is 3.00 bits per heavy atom. The van der Waals surface area contributed by atoms with Crippen LogP contribution in [0.15, 0.2) is 27.7 Å². The molecule has 3 aromatic heterocycles. The van der Waals surface area contributed by atoms with E-state index >= 15 is 0 Å². The highest BCUT2D eigenvalue weighted by Gasteiger charge is 2.16. The third-order valence-corrected chi connectivity index (χ3v) is 6.06. The molecule has 0 unspecified atom stereocenters. The van der Waals surface area contributed by atoms with Crippen LogP contribution in [0, 0.1) is 0 Å². The van der Waals surface area contributed by atoms with Crippen molar-refractivity contribution < 1.29 is 4.79 Å². The number of carbonyl (C=O) groups excluding carboxylic acids is 1. The summed E-state index contributed by atoms with van der Waals surface area (Å²) in [5, 5.41) is 4.47. The third-order valence-electron chi connectivity index (χ3n) is 3.11. The number of amides is 1. The highest BCUT2D eigenvalue weighted by molar-refractivity contribution is 8.00. The third kappa shape index (κ3) is 2.94. The van der Waals surface area contributed by atoms with Crippen molar-refractivity contribution in [2.45, 2.75) is 12.2 Å². The molecule has 0 spiro atoms. The summed E-state index contributed by atoms with van der Waals surface area (Å²) in [6.07, 6.45) is 0. The van der Waals surface area contributed by atoms with Crippen LogP contribution in [0.4, 0.5) is 0 Å². The minimum Gasteiger partial charge on any atom is -0.369 e. The fourth-order valence-electron chi connectivity index (χ4n) is 2.06. The lowest BCUT2D eigenvalue weighted by molar-refractivity contribution is -0.115. The number of thiophene rings is 2. The highest BCUT2D eigenvalue weighted by Crippen LogP contribution is 2.34. The average Bonchev–Trinajstić information content (AvgIpc) is 3.12. The minimum absolute atomic E-state index is 0.100. The number of aromatic amines is 1. The second kappa shape index (κ2) is 6.23. The maximum atomic E-state index is 12.4. The molecule has 3 rings (SSSR count). The molecule has 0 fully saturated rings. The van der Waals surface area contributed by atoms with Gasteiger partial charge in [0, 0.05) is 15.8 Å². The number of hydrogen-bond donors (Lipinski definition) is 2. The van der Waals surface area contributed by atoms with Gasteiger partial charge in [-0.3, -0.25) is 9.59 Å². The summed E-state index contributed by atoms with van der Waals surface area (Å²) in [6.45, 7) is 1.89. The van der Waals surface area contributed by atoms with Gasteiger partial charge in [-0.25, -0.2) is 4.98 Å². The van der Waals surface area contributed by atoms with Crippen molar-refractivity contribution in [2.75, 3.05) is 5.75 Å². The van der Waals surface area contributed by atoms with Gasteiger partial charge in [-0.05, 0) is 18.4 Å². The van der Waals surface area contributed by atoms with Gasteiger partial charge in [0.25, 0.3) is 5.56 Å². The van der Waals surface area contributed by atoms with Crippen molar-refractivity contribution in [1.29, 1.82) is 0 Å². The lowest BCUT2D eigenvalue weighted by atomic mass is 10.2. The summed E-state index contributed by atoms with van der Waals surface area (Å²) >= 11 is 4.41. The van der Waals surface area contributed by atoms with E-state index in [2.05, 4.69) is 9.97 Å². The van der Waals surface area contributed by atoms with Crippen LogP contribution in [0.1, 0.15) is 18.0 Å². The average molecular weight is 351 g/mol. The van der Waals surface area contributed by atoms with E-state index in [-0.39, 0.29) is 22.5 Å². The van der Waals surface area contributed by atoms with Crippen LogP contribution in [-0.2, 0) is 4.79 Å². The molecule has 1 amide bonds. The van der Waals surface area contributed by atoms with Crippen LogP contribution in [0.5, 0.6) is 0 Å². The number of nitrogens with one attached hydrogen (secondary N) is 1. The van der Waals surface area contributed by atoms with Gasteiger partial charge in [-0.2, -0.15) is 0 Å². The molecular formula is C14H13N3O2S3. The Kier molecular flexibility index (Phi) is 4.32. The lowest BCUT2D eigenvalue weighted by Gasteiger charge is -2.09. The Bertz CT molecular complexity index is 867. The molecule has 5 nitrogen and oxygen atoms in total. The van der Waals surface area contributed by atoms with E-state index < -0.39 is 0 Å². The summed E-state index contributed by atoms with van der Waals surface area (Å²) in [6, 6.07) is 3.95. The van der Waals surface area contributed by atoms with E-state index in [1.807, 2.05) is 29.8 Å². The van der Waals surface area contributed by atoms with Crippen LogP contribution in [0.25, 0.3) is 20.7 Å². The molecule has 3 heterocycles. The van der Waals surface area contributed by atoms with Crippen molar-refractivity contribution >= 4 is 50.6 Å². The molecule has 0 aliphatic heterocycles. The van der Waals surface area contributed by atoms with E-state index in [0.29, 0.717) is 16.0 Å². The second-order valence-corrected chi connectivity index (χ2v) is 7.81. The van der Waals surface area contributed by atoms with Gasteiger partial charge in [-0.15, -0.1) is 34.4 Å². The maximum absolute atomic E-state index is 12.4. The van der Waals surface area contributed by atoms with Gasteiger partial charge in [0.1, 0.15) is 10.7 Å². The quantitative estimate of drug-likeness (QED) is 0.739. The number of aromatic nitrogens is 2. The zero-order chi connectivity index (χ0) is 15.7. The zero-order valence-corrected chi connectivity index (χ0v) is 14.1. The van der Waals surface area contributed by atoms with Crippen LogP contribution in [0.2, 0.25) is 0 Å². The molecule has 0 saturated carbocycles. The number of hydrogen-bond acceptors (Lipinski definition) is 6. The standard InChI is InChI=1S/C14H13N3O2S3/c1-7(21-6-10(15)18)12-16-13(19)11-8(5-22-14(11)17-12)9-3-2-4-20-9/h2-5,7H,6H2,1H3,(H2,15,18)(H,16,17,19)/t7-/m1/s1. The molecule has 3 aromatic rings. The van der Waals surface area contributed by atoms with E-state index in [1.54, 1.807) is 11.3 Å². The lowest BCUT2D eigenvalue weighted by Crippen LogP contribution is -2.16. The monoisotopic (exact) mass is 351 g/mol. The molecule has 0 aromatic carbocycles. The molecule has 114 valence electrons. The predicted molar refractivity (Wildman–Crippen MR) is 93.6 cm³/mol. The fourth-order valence-corrected chi connectivity index (χ4v) is 4.51. The fraction of sp³-hybridized carbons (Fsp3) is 0.214. The number of primary amides is 1. The van der Waals surface area contributed by atoms with E-state index in [9.17, 15) is 9.59 Å². The molecule has 0 aliphatic carbocycles. The van der Waals surface area contributed by atoms with E-state index in [4.69, 9.17) is 5.73 Å². The van der Waals surface area contributed by atoms with E-state index in [0.717, 1.165) is 10.4 Å². The van der Waals surface area contributed by atoms with Crippen molar-refractivity contribution in [3.63, 3.8) is 0 Å². The Balaban J connectivity index is 2.00. The summed E-state index contributed by atoms with van der Waals surface area (Å²) in [5.74, 6) is 0.396. The number of fused-ring (bicyclic) bond motifs is 1. The van der Waals surface area contributed by atoms with Crippen molar-refractivity contribution in [1.82, 2.24) is 9.97 Å². The number of nitrogens with zero attached hydrogens (tertiary/aromatic N) is 1. The molecular weight excluding hydrogens is 338 g/mol. The molecule has 1 atom stereocenters. The normalized spacial score (nSPS) is 12.6. The number of carbonyl (C=O) groups is 1. The van der Waals surface area contributed by atoms with Crippen molar-refractivity contribution in [3.8, 4) is 10.4 Å². The number of nitrogens with two attached hydrogens (primary N) is 1. The second-order valence-electron chi connectivity index (χ2n) is 4.68. The van der Waals surface area contributed by atoms with Crippen molar-refractivity contribution in [3.05, 3.63) is 39.1 Å². The number of rotatable bonds is 5. The first-order valence-corrected chi connectivity index (χ1v) is 9.32. The highest BCUT2D eigenvalue weighted by atomic mass is 32.2. The topological polar surface area (TPSA) is 88.8 Å². The molecule has 0 radical (unpaired) electrons. The van der Waals surface area contributed by atoms with Gasteiger partial charge in [-0.1, -0.05) is 6.07 Å². The Morgan fingerprint density at radius 2 is 2.32 bits per heavy atom. The predicted octanol–water partition coefficient (Wildman–Crippen LogP) is 2.99. The summed E-state index contributed by atoms with van der Waals surface area (Å²) < 4.78 is 0. The molecule has 0 saturated heterocycles. The minimum atomic E-state index is -0.378. The molecule has 8 heteroatoms. The largest absolute Gasteiger partial charge is 0.369 e. The maximum Gasteiger partial charge on any atom is 0.260 e. The summed E-state index contributed by atoms with van der Waals surface area (Å²) in [4.78, 5) is 32.4. The molecule has 22 heavy (non-hydrogen) atoms. The van der Waals surface area contributed by atoms with Gasteiger partial charge in [0.2, 0.25) is 5.91 Å². The number of H-pyrrole nitrogens is 1. The first-order valence-electron chi connectivity index (χ1n) is 6.51. The first kappa shape index (κ1) is 15.3. The van der Waals surface area contributed by atoms with Crippen molar-refractivity contribution in [2.24, 2.45) is 5.73 Å². The smallest absolute Gasteiger partial charge is 0.260 e.